The van der Waals surface area contributed by atoms with Crippen LogP contribution in [0.4, 0.5) is 0 Å². The van der Waals surface area contributed by atoms with Crippen molar-refractivity contribution in [2.45, 2.75) is 135 Å². The van der Waals surface area contributed by atoms with Crippen LogP contribution in [0.5, 0.6) is 0 Å². The fraction of sp³-hybridized carbons (Fsp3) is 0.889. The SMILES string of the molecule is C[C@]1(C(=O)O)CC[C@]2(C(=O)O)CC[C@]3(C)C(=CC[C@@H]4[C@@]5(C)C[C@@H](O)[C@H](O[C@@H]6O[C@H](CO)[C@@H](O)[C@H](O)[C@H]6O)[C@@](C)(CO)[C@@H]5CC[C@]43C)[C@@H]2C1. The fourth-order valence-corrected chi connectivity index (χ4v) is 12.4. The van der Waals surface area contributed by atoms with Crippen molar-refractivity contribution in [3.63, 3.8) is 0 Å². The largest absolute Gasteiger partial charge is 0.481 e. The second-order valence-electron chi connectivity index (χ2n) is 17.6. The Balaban J connectivity index is 1.35. The first-order chi connectivity index (χ1) is 22.3. The van der Waals surface area contributed by atoms with Gasteiger partial charge in [0, 0.05) is 5.41 Å². The molecule has 0 aromatic rings. The molecule has 0 spiro atoms. The van der Waals surface area contributed by atoms with Crippen LogP contribution in [-0.2, 0) is 19.1 Å². The highest BCUT2D eigenvalue weighted by Gasteiger charge is 2.71. The Labute approximate surface area is 282 Å². The van der Waals surface area contributed by atoms with Gasteiger partial charge in [0.1, 0.15) is 24.4 Å². The van der Waals surface area contributed by atoms with Crippen molar-refractivity contribution >= 4 is 11.9 Å². The maximum Gasteiger partial charge on any atom is 0.310 e. The molecule has 4 saturated carbocycles. The van der Waals surface area contributed by atoms with Gasteiger partial charge in [0.15, 0.2) is 6.29 Å². The van der Waals surface area contributed by atoms with Gasteiger partial charge >= 0.3 is 11.9 Å². The summed E-state index contributed by atoms with van der Waals surface area (Å²) in [6, 6.07) is 0. The molecule has 1 saturated heterocycles. The quantitative estimate of drug-likeness (QED) is 0.150. The van der Waals surface area contributed by atoms with Crippen LogP contribution in [-0.4, -0.2) is 109 Å². The van der Waals surface area contributed by atoms with Gasteiger partial charge in [0.2, 0.25) is 0 Å². The molecular formula is C36H56O12. The van der Waals surface area contributed by atoms with Crippen LogP contribution in [0.1, 0.15) is 92.4 Å². The molecule has 5 fully saturated rings. The summed E-state index contributed by atoms with van der Waals surface area (Å²) in [5.74, 6) is -2.19. The summed E-state index contributed by atoms with van der Waals surface area (Å²) in [4.78, 5) is 25.4. The van der Waals surface area contributed by atoms with Gasteiger partial charge in [-0.05, 0) is 98.7 Å². The standard InChI is InChI=1S/C36H56O12/c1-31(29(43)44)10-12-36(30(45)46)13-11-34(4)18(19(36)14-31)6-7-23-32(2)15-20(39)27(33(3,17-38)22(32)8-9-35(23,34)5)48-28-26(42)25(41)24(40)21(16-37)47-28/h6,19-28,37-42H,7-17H2,1-5H3,(H,43,44)(H,45,46)/t19-,20+,21+,22+,23+,24+,25-,26+,27-,28-,31-,32-,33-,34+,35+,36-/m0/s1. The van der Waals surface area contributed by atoms with E-state index in [4.69, 9.17) is 9.47 Å². The Morgan fingerprint density at radius 1 is 0.854 bits per heavy atom. The first-order valence-corrected chi connectivity index (χ1v) is 17.7. The number of hydrogen-bond donors (Lipinski definition) is 8. The number of carboxylic acids is 2. The second-order valence-corrected chi connectivity index (χ2v) is 17.6. The van der Waals surface area contributed by atoms with Crippen molar-refractivity contribution < 1.29 is 59.9 Å². The maximum atomic E-state index is 13.0. The van der Waals surface area contributed by atoms with Crippen LogP contribution < -0.4 is 0 Å². The summed E-state index contributed by atoms with van der Waals surface area (Å²) >= 11 is 0. The van der Waals surface area contributed by atoms with E-state index >= 15 is 0 Å². The highest BCUT2D eigenvalue weighted by molar-refractivity contribution is 5.79. The average molecular weight is 681 g/mol. The number of rotatable bonds is 6. The molecule has 5 aliphatic carbocycles. The molecule has 0 aromatic carbocycles. The highest BCUT2D eigenvalue weighted by atomic mass is 16.7. The van der Waals surface area contributed by atoms with Crippen LogP contribution in [0.15, 0.2) is 11.6 Å². The fourth-order valence-electron chi connectivity index (χ4n) is 12.4. The number of aliphatic hydroxyl groups is 6. The molecule has 8 N–H and O–H groups in total. The summed E-state index contributed by atoms with van der Waals surface area (Å²) in [6.45, 7) is 9.38. The van der Waals surface area contributed by atoms with Gasteiger partial charge in [0.25, 0.3) is 0 Å². The molecule has 12 nitrogen and oxygen atoms in total. The lowest BCUT2D eigenvalue weighted by molar-refractivity contribution is -0.345. The van der Waals surface area contributed by atoms with Crippen LogP contribution >= 0.6 is 0 Å². The molecule has 0 bridgehead atoms. The molecular weight excluding hydrogens is 624 g/mol. The zero-order chi connectivity index (χ0) is 35.4. The Kier molecular flexibility index (Phi) is 8.81. The Morgan fingerprint density at radius 3 is 2.12 bits per heavy atom. The van der Waals surface area contributed by atoms with Gasteiger partial charge in [-0.2, -0.15) is 0 Å². The topological polar surface area (TPSA) is 214 Å². The van der Waals surface area contributed by atoms with Crippen LogP contribution in [0.3, 0.4) is 0 Å². The van der Waals surface area contributed by atoms with E-state index in [-0.39, 0.29) is 36.2 Å². The molecule has 0 unspecified atom stereocenters. The number of allylic oxidation sites excluding steroid dienone is 2. The van der Waals surface area contributed by atoms with E-state index in [0.717, 1.165) is 12.0 Å². The Bertz CT molecular complexity index is 1340. The zero-order valence-corrected chi connectivity index (χ0v) is 28.8. The third-order valence-corrected chi connectivity index (χ3v) is 15.5. The minimum Gasteiger partial charge on any atom is -0.481 e. The highest BCUT2D eigenvalue weighted by Crippen LogP contribution is 2.76. The summed E-state index contributed by atoms with van der Waals surface area (Å²) < 4.78 is 11.9. The summed E-state index contributed by atoms with van der Waals surface area (Å²) in [5, 5.41) is 84.8. The first kappa shape index (κ1) is 36.2. The molecule has 0 amide bonds. The van der Waals surface area contributed by atoms with Gasteiger partial charge in [0.05, 0.1) is 36.3 Å². The number of aliphatic carboxylic acids is 2. The van der Waals surface area contributed by atoms with E-state index in [1.807, 2.05) is 6.92 Å². The lowest BCUT2D eigenvalue weighted by Gasteiger charge is -2.71. The van der Waals surface area contributed by atoms with Crippen LogP contribution in [0, 0.1) is 50.2 Å². The van der Waals surface area contributed by atoms with E-state index in [0.29, 0.717) is 44.9 Å². The number of ether oxygens (including phenoxy) is 2. The zero-order valence-electron chi connectivity index (χ0n) is 28.8. The van der Waals surface area contributed by atoms with Gasteiger partial charge in [-0.25, -0.2) is 0 Å². The average Bonchev–Trinajstić information content (AvgIpc) is 3.02. The summed E-state index contributed by atoms with van der Waals surface area (Å²) in [5.41, 5.74) is -3.08. The maximum absolute atomic E-state index is 13.0. The van der Waals surface area contributed by atoms with E-state index in [1.165, 1.54) is 0 Å². The minimum absolute atomic E-state index is 0.0537. The lowest BCUT2D eigenvalue weighted by atomic mass is 9.33. The third-order valence-electron chi connectivity index (χ3n) is 15.5. The Morgan fingerprint density at radius 2 is 1.52 bits per heavy atom. The van der Waals surface area contributed by atoms with Crippen molar-refractivity contribution in [1.29, 1.82) is 0 Å². The summed E-state index contributed by atoms with van der Waals surface area (Å²) in [7, 11) is 0. The van der Waals surface area contributed by atoms with Gasteiger partial charge < -0.3 is 50.3 Å². The Hall–Kier alpha value is -1.64. The monoisotopic (exact) mass is 680 g/mol. The van der Waals surface area contributed by atoms with E-state index < -0.39 is 88.5 Å². The van der Waals surface area contributed by atoms with Gasteiger partial charge in [-0.15, -0.1) is 0 Å². The van der Waals surface area contributed by atoms with Crippen molar-refractivity contribution in [2.75, 3.05) is 13.2 Å². The molecule has 16 atom stereocenters. The summed E-state index contributed by atoms with van der Waals surface area (Å²) in [6.07, 6.45) is -2.81. The van der Waals surface area contributed by atoms with Gasteiger partial charge in [-0.1, -0.05) is 39.3 Å². The van der Waals surface area contributed by atoms with E-state index in [2.05, 4.69) is 26.8 Å². The molecule has 12 heteroatoms. The predicted molar refractivity (Wildman–Crippen MR) is 170 cm³/mol. The molecule has 272 valence electrons. The number of carboxylic acid groups (broad SMARTS) is 2. The smallest absolute Gasteiger partial charge is 0.310 e. The van der Waals surface area contributed by atoms with Crippen molar-refractivity contribution in [3.05, 3.63) is 11.6 Å². The third kappa shape index (κ3) is 4.69. The number of aliphatic hydroxyl groups excluding tert-OH is 6. The number of carbonyl (C=O) groups is 2. The van der Waals surface area contributed by atoms with E-state index in [9.17, 15) is 50.4 Å². The molecule has 0 radical (unpaired) electrons. The minimum atomic E-state index is -1.64. The van der Waals surface area contributed by atoms with Crippen molar-refractivity contribution in [2.24, 2.45) is 50.2 Å². The van der Waals surface area contributed by atoms with Gasteiger partial charge in [-0.3, -0.25) is 9.59 Å². The van der Waals surface area contributed by atoms with Crippen molar-refractivity contribution in [3.8, 4) is 0 Å². The van der Waals surface area contributed by atoms with Crippen LogP contribution in [0.2, 0.25) is 0 Å². The van der Waals surface area contributed by atoms with E-state index in [1.54, 1.807) is 6.92 Å². The lowest BCUT2D eigenvalue weighted by Crippen LogP contribution is -2.69. The molecule has 1 heterocycles. The number of fused-ring (bicyclic) bond motifs is 7. The first-order valence-electron chi connectivity index (χ1n) is 17.7. The second kappa shape index (κ2) is 11.7. The number of hydrogen-bond acceptors (Lipinski definition) is 10. The normalized spacial score (nSPS) is 54.9. The molecule has 48 heavy (non-hydrogen) atoms. The molecule has 1 aliphatic heterocycles. The molecule has 0 aromatic heterocycles. The predicted octanol–water partition coefficient (Wildman–Crippen LogP) is 2.07. The van der Waals surface area contributed by atoms with Crippen molar-refractivity contribution in [1.82, 2.24) is 0 Å². The molecule has 6 rings (SSSR count). The van der Waals surface area contributed by atoms with Crippen LogP contribution in [0.25, 0.3) is 0 Å². The molecule has 6 aliphatic rings.